The van der Waals surface area contributed by atoms with Gasteiger partial charge in [0.25, 0.3) is 0 Å². The van der Waals surface area contributed by atoms with Crippen molar-refractivity contribution in [3.05, 3.63) is 87.6 Å². The molecule has 0 unspecified atom stereocenters. The number of halogens is 3. The monoisotopic (exact) mass is 521 g/mol. The van der Waals surface area contributed by atoms with Crippen LogP contribution in [-0.4, -0.2) is 26.3 Å². The molecule has 0 fully saturated rings. The molecule has 0 aliphatic heterocycles. The standard InChI is InChI=1S/C24H18Cl2FNO3S2/c1-33(29,30)21-8-4-16(5-9-21)24-23(15-2-6-19(27)7-3-15)28-22(32-24)10-11-31-20-13-17(25)12-18(26)14-20/h2-9,12-14H,10-11H2,1H3. The van der Waals surface area contributed by atoms with Gasteiger partial charge in [-0.25, -0.2) is 17.8 Å². The highest BCUT2D eigenvalue weighted by atomic mass is 35.5. The first-order valence-electron chi connectivity index (χ1n) is 9.84. The average molecular weight is 522 g/mol. The van der Waals surface area contributed by atoms with Gasteiger partial charge in [-0.1, -0.05) is 35.3 Å². The number of benzene rings is 3. The van der Waals surface area contributed by atoms with Gasteiger partial charge < -0.3 is 4.74 Å². The van der Waals surface area contributed by atoms with Crippen molar-refractivity contribution in [3.8, 4) is 27.4 Å². The number of thiazole rings is 1. The molecule has 0 saturated heterocycles. The van der Waals surface area contributed by atoms with Gasteiger partial charge >= 0.3 is 0 Å². The van der Waals surface area contributed by atoms with Crippen LogP contribution < -0.4 is 4.74 Å². The molecular formula is C24H18Cl2FNO3S2. The van der Waals surface area contributed by atoms with Crippen LogP contribution in [0.2, 0.25) is 10.0 Å². The molecule has 4 aromatic rings. The molecule has 0 bridgehead atoms. The van der Waals surface area contributed by atoms with Crippen molar-refractivity contribution < 1.29 is 17.5 Å². The molecule has 4 nitrogen and oxygen atoms in total. The van der Waals surface area contributed by atoms with E-state index in [1.165, 1.54) is 29.7 Å². The highest BCUT2D eigenvalue weighted by Gasteiger charge is 2.16. The van der Waals surface area contributed by atoms with E-state index in [1.54, 1.807) is 54.6 Å². The molecule has 0 N–H and O–H groups in total. The Labute approximate surface area is 205 Å². The van der Waals surface area contributed by atoms with Crippen LogP contribution in [-0.2, 0) is 16.3 Å². The van der Waals surface area contributed by atoms with E-state index in [-0.39, 0.29) is 10.7 Å². The third-order valence-electron chi connectivity index (χ3n) is 4.75. The average Bonchev–Trinajstić information content (AvgIpc) is 3.17. The fraction of sp³-hybridized carbons (Fsp3) is 0.125. The summed E-state index contributed by atoms with van der Waals surface area (Å²) < 4.78 is 42.9. The van der Waals surface area contributed by atoms with Crippen molar-refractivity contribution in [1.82, 2.24) is 4.98 Å². The minimum atomic E-state index is -3.30. The summed E-state index contributed by atoms with van der Waals surface area (Å²) in [4.78, 5) is 5.88. The largest absolute Gasteiger partial charge is 0.493 e. The van der Waals surface area contributed by atoms with Crippen LogP contribution in [0.15, 0.2) is 71.6 Å². The van der Waals surface area contributed by atoms with Crippen LogP contribution in [0, 0.1) is 5.82 Å². The Kier molecular flexibility index (Phi) is 7.05. The molecule has 4 rings (SSSR count). The van der Waals surface area contributed by atoms with E-state index in [2.05, 4.69) is 0 Å². The Balaban J connectivity index is 1.63. The molecule has 0 saturated carbocycles. The summed E-state index contributed by atoms with van der Waals surface area (Å²) in [7, 11) is -3.30. The van der Waals surface area contributed by atoms with Gasteiger partial charge in [-0.15, -0.1) is 11.3 Å². The molecule has 0 aliphatic rings. The predicted molar refractivity (Wildman–Crippen MR) is 132 cm³/mol. The molecule has 0 amide bonds. The Morgan fingerprint density at radius 1 is 0.939 bits per heavy atom. The number of hydrogen-bond donors (Lipinski definition) is 0. The molecular weight excluding hydrogens is 504 g/mol. The lowest BCUT2D eigenvalue weighted by molar-refractivity contribution is 0.322. The lowest BCUT2D eigenvalue weighted by Crippen LogP contribution is -2.01. The van der Waals surface area contributed by atoms with Crippen molar-refractivity contribution in [3.63, 3.8) is 0 Å². The fourth-order valence-corrected chi connectivity index (χ4v) is 5.40. The maximum atomic E-state index is 13.5. The number of aromatic nitrogens is 1. The molecule has 0 aliphatic carbocycles. The van der Waals surface area contributed by atoms with E-state index in [1.807, 2.05) is 0 Å². The molecule has 0 radical (unpaired) electrons. The summed E-state index contributed by atoms with van der Waals surface area (Å²) in [6.45, 7) is 0.361. The van der Waals surface area contributed by atoms with Gasteiger partial charge in [-0.05, 0) is 60.2 Å². The molecule has 9 heteroatoms. The zero-order chi connectivity index (χ0) is 23.6. The van der Waals surface area contributed by atoms with Crippen LogP contribution in [0.25, 0.3) is 21.7 Å². The summed E-state index contributed by atoms with van der Waals surface area (Å²) in [6.07, 6.45) is 1.70. The van der Waals surface area contributed by atoms with Crippen molar-refractivity contribution in [2.75, 3.05) is 12.9 Å². The Hall–Kier alpha value is -2.45. The minimum absolute atomic E-state index is 0.243. The maximum absolute atomic E-state index is 13.5. The van der Waals surface area contributed by atoms with Crippen LogP contribution >= 0.6 is 34.5 Å². The summed E-state index contributed by atoms with van der Waals surface area (Å²) >= 11 is 13.5. The number of sulfone groups is 1. The summed E-state index contributed by atoms with van der Waals surface area (Å²) in [6, 6.07) is 17.8. The van der Waals surface area contributed by atoms with Crippen LogP contribution in [0.4, 0.5) is 4.39 Å². The lowest BCUT2D eigenvalue weighted by atomic mass is 10.1. The van der Waals surface area contributed by atoms with E-state index in [9.17, 15) is 12.8 Å². The van der Waals surface area contributed by atoms with Gasteiger partial charge in [0.2, 0.25) is 0 Å². The fourth-order valence-electron chi connectivity index (χ4n) is 3.19. The third kappa shape index (κ3) is 5.92. The molecule has 3 aromatic carbocycles. The minimum Gasteiger partial charge on any atom is -0.493 e. The first-order valence-corrected chi connectivity index (χ1v) is 13.3. The zero-order valence-electron chi connectivity index (χ0n) is 17.4. The smallest absolute Gasteiger partial charge is 0.175 e. The van der Waals surface area contributed by atoms with E-state index in [4.69, 9.17) is 32.9 Å². The topological polar surface area (TPSA) is 56.3 Å². The molecule has 1 heterocycles. The normalized spacial score (nSPS) is 11.5. The van der Waals surface area contributed by atoms with E-state index in [0.29, 0.717) is 34.5 Å². The number of hydrogen-bond acceptors (Lipinski definition) is 5. The van der Waals surface area contributed by atoms with E-state index >= 15 is 0 Å². The van der Waals surface area contributed by atoms with Gasteiger partial charge in [-0.2, -0.15) is 0 Å². The molecule has 33 heavy (non-hydrogen) atoms. The summed E-state index contributed by atoms with van der Waals surface area (Å²) in [5.41, 5.74) is 2.30. The first-order chi connectivity index (χ1) is 15.7. The van der Waals surface area contributed by atoms with Crippen molar-refractivity contribution in [1.29, 1.82) is 0 Å². The Morgan fingerprint density at radius 2 is 1.55 bits per heavy atom. The zero-order valence-corrected chi connectivity index (χ0v) is 20.5. The van der Waals surface area contributed by atoms with Crippen molar-refractivity contribution in [2.24, 2.45) is 0 Å². The molecule has 0 atom stereocenters. The van der Waals surface area contributed by atoms with Crippen LogP contribution in [0.3, 0.4) is 0 Å². The third-order valence-corrected chi connectivity index (χ3v) is 7.48. The summed E-state index contributed by atoms with van der Waals surface area (Å²) in [5, 5.41) is 1.81. The first kappa shape index (κ1) is 23.7. The van der Waals surface area contributed by atoms with E-state index in [0.717, 1.165) is 21.0 Å². The number of nitrogens with zero attached hydrogens (tertiary/aromatic N) is 1. The van der Waals surface area contributed by atoms with E-state index < -0.39 is 9.84 Å². The van der Waals surface area contributed by atoms with Crippen LogP contribution in [0.5, 0.6) is 5.75 Å². The number of rotatable bonds is 7. The Morgan fingerprint density at radius 3 is 2.15 bits per heavy atom. The van der Waals surface area contributed by atoms with Crippen LogP contribution in [0.1, 0.15) is 5.01 Å². The lowest BCUT2D eigenvalue weighted by Gasteiger charge is -2.05. The molecule has 170 valence electrons. The van der Waals surface area contributed by atoms with Crippen molar-refractivity contribution in [2.45, 2.75) is 11.3 Å². The molecule has 0 spiro atoms. The van der Waals surface area contributed by atoms with Gasteiger partial charge in [0.15, 0.2) is 9.84 Å². The van der Waals surface area contributed by atoms with Gasteiger partial charge in [0.1, 0.15) is 11.6 Å². The van der Waals surface area contributed by atoms with Crippen molar-refractivity contribution >= 4 is 44.4 Å². The van der Waals surface area contributed by atoms with Gasteiger partial charge in [-0.3, -0.25) is 0 Å². The van der Waals surface area contributed by atoms with Gasteiger partial charge in [0.05, 0.1) is 27.1 Å². The predicted octanol–water partition coefficient (Wildman–Crippen LogP) is 6.95. The Bertz CT molecular complexity index is 1370. The second-order valence-electron chi connectivity index (χ2n) is 7.29. The second kappa shape index (κ2) is 9.81. The quantitative estimate of drug-likeness (QED) is 0.264. The molecule has 1 aromatic heterocycles. The summed E-state index contributed by atoms with van der Waals surface area (Å²) in [5.74, 6) is 0.237. The highest BCUT2D eigenvalue weighted by molar-refractivity contribution is 7.90. The number of ether oxygens (including phenoxy) is 1. The van der Waals surface area contributed by atoms with Gasteiger partial charge in [0, 0.05) is 28.3 Å². The maximum Gasteiger partial charge on any atom is 0.175 e. The SMILES string of the molecule is CS(=O)(=O)c1ccc(-c2sc(CCOc3cc(Cl)cc(Cl)c3)nc2-c2ccc(F)cc2)cc1. The highest BCUT2D eigenvalue weighted by Crippen LogP contribution is 2.37. The second-order valence-corrected chi connectivity index (χ2v) is 11.3.